The molecule has 1 aromatic heterocycles. The summed E-state index contributed by atoms with van der Waals surface area (Å²) in [6, 6.07) is 8.33. The van der Waals surface area contributed by atoms with Crippen LogP contribution >= 0.6 is 0 Å². The van der Waals surface area contributed by atoms with Crippen molar-refractivity contribution in [3.8, 4) is 11.5 Å². The average molecular weight is 331 g/mol. The van der Waals surface area contributed by atoms with Crippen LogP contribution in [-0.4, -0.2) is 35.4 Å². The molecule has 0 spiro atoms. The van der Waals surface area contributed by atoms with Gasteiger partial charge in [0.1, 0.15) is 5.75 Å². The lowest BCUT2D eigenvalue weighted by Crippen LogP contribution is -2.38. The van der Waals surface area contributed by atoms with Crippen LogP contribution in [0.3, 0.4) is 0 Å². The van der Waals surface area contributed by atoms with Crippen LogP contribution in [0.4, 0.5) is 4.39 Å². The van der Waals surface area contributed by atoms with Gasteiger partial charge in [0.15, 0.2) is 11.6 Å². The summed E-state index contributed by atoms with van der Waals surface area (Å²) in [6.07, 6.45) is 3.13. The van der Waals surface area contributed by atoms with Gasteiger partial charge in [-0.1, -0.05) is 6.07 Å². The first-order valence-corrected chi connectivity index (χ1v) is 7.79. The molecule has 0 saturated heterocycles. The lowest BCUT2D eigenvalue weighted by Gasteiger charge is -2.20. The maximum absolute atomic E-state index is 14.1. The quantitative estimate of drug-likeness (QED) is 0.847. The second-order valence-electron chi connectivity index (χ2n) is 5.84. The molecule has 1 heterocycles. The highest BCUT2D eigenvalue weighted by Gasteiger charge is 2.10. The van der Waals surface area contributed by atoms with Crippen LogP contribution in [0.2, 0.25) is 0 Å². The number of carbonyl (C=O) groups excluding carboxylic acids is 1. The minimum absolute atomic E-state index is 0.0951. The van der Waals surface area contributed by atoms with Crippen molar-refractivity contribution in [3.05, 3.63) is 54.1 Å². The second kappa shape index (κ2) is 8.40. The van der Waals surface area contributed by atoms with Crippen molar-refractivity contribution in [3.63, 3.8) is 0 Å². The van der Waals surface area contributed by atoms with Crippen LogP contribution < -0.4 is 10.1 Å². The molecule has 5 nitrogen and oxygen atoms in total. The third-order valence-corrected chi connectivity index (χ3v) is 3.62. The van der Waals surface area contributed by atoms with Crippen molar-refractivity contribution < 1.29 is 13.9 Å². The number of hydrogen-bond donors (Lipinski definition) is 1. The number of amides is 1. The molecular weight excluding hydrogens is 309 g/mol. The Labute approximate surface area is 141 Å². The molecule has 2 aromatic rings. The van der Waals surface area contributed by atoms with Gasteiger partial charge in [0.05, 0.1) is 12.7 Å². The molecule has 24 heavy (non-hydrogen) atoms. The number of halogens is 1. The maximum Gasteiger partial charge on any atom is 0.234 e. The van der Waals surface area contributed by atoms with Crippen molar-refractivity contribution in [1.29, 1.82) is 0 Å². The molecule has 1 amide bonds. The predicted molar refractivity (Wildman–Crippen MR) is 90.3 cm³/mol. The average Bonchev–Trinajstić information content (AvgIpc) is 2.56. The van der Waals surface area contributed by atoms with Crippen molar-refractivity contribution in [2.24, 2.45) is 0 Å². The van der Waals surface area contributed by atoms with E-state index in [1.54, 1.807) is 30.5 Å². The lowest BCUT2D eigenvalue weighted by molar-refractivity contribution is -0.122. The molecule has 2 rings (SSSR count). The van der Waals surface area contributed by atoms with Gasteiger partial charge in [-0.05, 0) is 50.7 Å². The minimum atomic E-state index is -0.482. The van der Waals surface area contributed by atoms with E-state index in [0.29, 0.717) is 17.9 Å². The van der Waals surface area contributed by atoms with Crippen LogP contribution in [-0.2, 0) is 11.3 Å². The number of ether oxygens (including phenoxy) is 1. The number of rotatable bonds is 7. The Morgan fingerprint density at radius 2 is 2.17 bits per heavy atom. The van der Waals surface area contributed by atoms with Crippen molar-refractivity contribution in [2.45, 2.75) is 26.4 Å². The highest BCUT2D eigenvalue weighted by Crippen LogP contribution is 2.24. The number of nitrogens with zero attached hydrogens (tertiary/aromatic N) is 2. The molecule has 1 N–H and O–H groups in total. The van der Waals surface area contributed by atoms with Crippen LogP contribution in [0.25, 0.3) is 0 Å². The van der Waals surface area contributed by atoms with Gasteiger partial charge in [0, 0.05) is 18.8 Å². The van der Waals surface area contributed by atoms with Gasteiger partial charge in [-0.25, -0.2) is 4.39 Å². The maximum atomic E-state index is 14.1. The number of pyridine rings is 1. The first-order valence-electron chi connectivity index (χ1n) is 7.79. The van der Waals surface area contributed by atoms with Crippen molar-refractivity contribution >= 4 is 5.91 Å². The molecule has 0 bridgehead atoms. The van der Waals surface area contributed by atoms with E-state index in [4.69, 9.17) is 4.74 Å². The first-order chi connectivity index (χ1) is 11.5. The van der Waals surface area contributed by atoms with Crippen LogP contribution in [0, 0.1) is 5.82 Å². The first kappa shape index (κ1) is 17.9. The van der Waals surface area contributed by atoms with E-state index in [2.05, 4.69) is 10.3 Å². The van der Waals surface area contributed by atoms with Crippen molar-refractivity contribution in [1.82, 2.24) is 15.2 Å². The summed E-state index contributed by atoms with van der Waals surface area (Å²) < 4.78 is 19.5. The van der Waals surface area contributed by atoms with E-state index >= 15 is 0 Å². The largest absolute Gasteiger partial charge is 0.453 e. The van der Waals surface area contributed by atoms with Crippen LogP contribution in [0.5, 0.6) is 11.5 Å². The summed E-state index contributed by atoms with van der Waals surface area (Å²) in [5.41, 5.74) is 0.673. The normalized spacial score (nSPS) is 10.9. The Kier molecular flexibility index (Phi) is 6.26. The molecule has 6 heteroatoms. The van der Waals surface area contributed by atoms with Gasteiger partial charge in [-0.15, -0.1) is 0 Å². The third kappa shape index (κ3) is 5.31. The molecule has 0 radical (unpaired) electrons. The Morgan fingerprint density at radius 3 is 2.79 bits per heavy atom. The molecule has 0 saturated carbocycles. The van der Waals surface area contributed by atoms with Crippen molar-refractivity contribution in [2.75, 3.05) is 13.6 Å². The summed E-state index contributed by atoms with van der Waals surface area (Å²) in [6.45, 7) is 4.62. The third-order valence-electron chi connectivity index (χ3n) is 3.62. The standard InChI is InChI=1S/C18H22FN3O2/c1-13(2)22(3)12-18(23)21-10-14-6-7-17(16(19)9-14)24-15-5-4-8-20-11-15/h4-9,11,13H,10,12H2,1-3H3,(H,21,23). The number of likely N-dealkylation sites (N-methyl/N-ethyl adjacent to an activating group) is 1. The topological polar surface area (TPSA) is 54.5 Å². The van der Waals surface area contributed by atoms with Crippen LogP contribution in [0.1, 0.15) is 19.4 Å². The van der Waals surface area contributed by atoms with Gasteiger partial charge in [0.25, 0.3) is 0 Å². The predicted octanol–water partition coefficient (Wildman–Crippen LogP) is 2.97. The molecule has 0 unspecified atom stereocenters. The van der Waals surface area contributed by atoms with E-state index in [1.807, 2.05) is 25.8 Å². The van der Waals surface area contributed by atoms with Gasteiger partial charge in [0.2, 0.25) is 5.91 Å². The number of carbonyl (C=O) groups is 1. The van der Waals surface area contributed by atoms with Crippen LogP contribution in [0.15, 0.2) is 42.7 Å². The summed E-state index contributed by atoms with van der Waals surface area (Å²) in [7, 11) is 1.88. The fourth-order valence-corrected chi connectivity index (χ4v) is 1.94. The second-order valence-corrected chi connectivity index (χ2v) is 5.84. The van der Waals surface area contributed by atoms with E-state index in [-0.39, 0.29) is 24.2 Å². The lowest BCUT2D eigenvalue weighted by atomic mass is 10.2. The molecule has 0 atom stereocenters. The summed E-state index contributed by atoms with van der Waals surface area (Å²) in [5.74, 6) is 0.0130. The van der Waals surface area contributed by atoms with Gasteiger partial charge in [-0.3, -0.25) is 14.7 Å². The fourth-order valence-electron chi connectivity index (χ4n) is 1.94. The Morgan fingerprint density at radius 1 is 1.38 bits per heavy atom. The number of nitrogens with one attached hydrogen (secondary N) is 1. The zero-order valence-electron chi connectivity index (χ0n) is 14.1. The zero-order chi connectivity index (χ0) is 17.5. The highest BCUT2D eigenvalue weighted by atomic mass is 19.1. The highest BCUT2D eigenvalue weighted by molar-refractivity contribution is 5.78. The Bertz CT molecular complexity index is 677. The summed E-state index contributed by atoms with van der Waals surface area (Å²) in [4.78, 5) is 17.7. The SMILES string of the molecule is CC(C)N(C)CC(=O)NCc1ccc(Oc2cccnc2)c(F)c1. The summed E-state index contributed by atoms with van der Waals surface area (Å²) in [5, 5.41) is 2.78. The monoisotopic (exact) mass is 331 g/mol. The Balaban J connectivity index is 1.91. The minimum Gasteiger partial charge on any atom is -0.453 e. The zero-order valence-corrected chi connectivity index (χ0v) is 14.1. The van der Waals surface area contributed by atoms with Gasteiger partial charge < -0.3 is 10.1 Å². The number of aromatic nitrogens is 1. The molecular formula is C18H22FN3O2. The van der Waals surface area contributed by atoms with Gasteiger partial charge in [-0.2, -0.15) is 0 Å². The van der Waals surface area contributed by atoms with E-state index in [1.165, 1.54) is 12.3 Å². The number of hydrogen-bond acceptors (Lipinski definition) is 4. The molecule has 0 aliphatic heterocycles. The van der Waals surface area contributed by atoms with E-state index in [9.17, 15) is 9.18 Å². The molecule has 0 aliphatic carbocycles. The Hall–Kier alpha value is -2.47. The molecule has 0 fully saturated rings. The van der Waals surface area contributed by atoms with E-state index < -0.39 is 5.82 Å². The summed E-state index contributed by atoms with van der Waals surface area (Å²) >= 11 is 0. The smallest absolute Gasteiger partial charge is 0.234 e. The molecule has 0 aliphatic rings. The van der Waals surface area contributed by atoms with Gasteiger partial charge >= 0.3 is 0 Å². The molecule has 1 aromatic carbocycles. The van der Waals surface area contributed by atoms with E-state index in [0.717, 1.165) is 0 Å². The number of benzene rings is 1. The fraction of sp³-hybridized carbons (Fsp3) is 0.333. The molecule has 128 valence electrons.